The van der Waals surface area contributed by atoms with Gasteiger partial charge >= 0.3 is 0 Å². The lowest BCUT2D eigenvalue weighted by Crippen LogP contribution is -2.23. The number of carbonyl (C=O) groups excluding carboxylic acids is 1. The number of aromatic nitrogens is 1. The molecule has 1 aromatic carbocycles. The molecule has 1 N–H and O–H groups in total. The van der Waals surface area contributed by atoms with Crippen LogP contribution in [0.3, 0.4) is 0 Å². The van der Waals surface area contributed by atoms with Crippen LogP contribution in [-0.4, -0.2) is 18.0 Å². The highest BCUT2D eigenvalue weighted by Crippen LogP contribution is 2.19. The zero-order chi connectivity index (χ0) is 13.7. The van der Waals surface area contributed by atoms with Crippen molar-refractivity contribution in [2.75, 3.05) is 12.4 Å². The topological polar surface area (TPSA) is 51.2 Å². The summed E-state index contributed by atoms with van der Waals surface area (Å²) in [4.78, 5) is 15.7. The predicted octanol–water partition coefficient (Wildman–Crippen LogP) is 2.55. The molecule has 0 aliphatic heterocycles. The zero-order valence-electron chi connectivity index (χ0n) is 10.3. The molecule has 0 aliphatic rings. The highest BCUT2D eigenvalue weighted by Gasteiger charge is 2.20. The third-order valence-corrected chi connectivity index (χ3v) is 2.61. The normalized spacial score (nSPS) is 11.9. The van der Waals surface area contributed by atoms with Crippen molar-refractivity contribution in [1.29, 1.82) is 0 Å². The minimum absolute atomic E-state index is 0.0815. The van der Waals surface area contributed by atoms with Crippen molar-refractivity contribution in [2.45, 2.75) is 6.10 Å². The van der Waals surface area contributed by atoms with E-state index in [9.17, 15) is 9.18 Å². The standard InChI is InChI=1S/C14H13FN2O2/c1-19-13(10-5-3-2-4-6-10)14(18)17-12-7-8-16-9-11(12)15/h2-9,13H,1H3,(H,16,17,18)/t13-/m1/s1. The molecular formula is C14H13FN2O2. The van der Waals surface area contributed by atoms with E-state index < -0.39 is 17.8 Å². The average Bonchev–Trinajstić information content (AvgIpc) is 2.43. The fraction of sp³-hybridized carbons (Fsp3) is 0.143. The molecule has 0 unspecified atom stereocenters. The van der Waals surface area contributed by atoms with E-state index in [1.807, 2.05) is 18.2 Å². The van der Waals surface area contributed by atoms with Gasteiger partial charge in [-0.2, -0.15) is 0 Å². The zero-order valence-corrected chi connectivity index (χ0v) is 10.3. The van der Waals surface area contributed by atoms with E-state index in [2.05, 4.69) is 10.3 Å². The van der Waals surface area contributed by atoms with Gasteiger partial charge in [-0.25, -0.2) is 4.39 Å². The van der Waals surface area contributed by atoms with Gasteiger partial charge in [-0.1, -0.05) is 30.3 Å². The van der Waals surface area contributed by atoms with Crippen molar-refractivity contribution in [2.24, 2.45) is 0 Å². The van der Waals surface area contributed by atoms with Crippen LogP contribution in [0.5, 0.6) is 0 Å². The first kappa shape index (κ1) is 13.2. The summed E-state index contributed by atoms with van der Waals surface area (Å²) in [6.45, 7) is 0. The molecule has 0 saturated heterocycles. The van der Waals surface area contributed by atoms with Crippen molar-refractivity contribution in [3.63, 3.8) is 0 Å². The van der Waals surface area contributed by atoms with Crippen LogP contribution in [0, 0.1) is 5.82 Å². The molecule has 1 atom stereocenters. The van der Waals surface area contributed by atoms with E-state index >= 15 is 0 Å². The molecule has 1 heterocycles. The van der Waals surface area contributed by atoms with Gasteiger partial charge in [0.1, 0.15) is 0 Å². The molecule has 0 aliphatic carbocycles. The lowest BCUT2D eigenvalue weighted by Gasteiger charge is -2.15. The molecule has 4 nitrogen and oxygen atoms in total. The number of nitrogens with zero attached hydrogens (tertiary/aromatic N) is 1. The molecule has 1 aromatic heterocycles. The Morgan fingerprint density at radius 3 is 2.68 bits per heavy atom. The quantitative estimate of drug-likeness (QED) is 0.919. The van der Waals surface area contributed by atoms with Crippen LogP contribution < -0.4 is 5.32 Å². The Kier molecular flexibility index (Phi) is 4.20. The second kappa shape index (κ2) is 6.06. The summed E-state index contributed by atoms with van der Waals surface area (Å²) >= 11 is 0. The third-order valence-electron chi connectivity index (χ3n) is 2.61. The van der Waals surface area contributed by atoms with Crippen molar-refractivity contribution < 1.29 is 13.9 Å². The molecule has 0 fully saturated rings. The molecule has 0 bridgehead atoms. The summed E-state index contributed by atoms with van der Waals surface area (Å²) in [6, 6.07) is 10.4. The van der Waals surface area contributed by atoms with Crippen molar-refractivity contribution >= 4 is 11.6 Å². The van der Waals surface area contributed by atoms with Gasteiger partial charge in [0.15, 0.2) is 11.9 Å². The Morgan fingerprint density at radius 1 is 1.32 bits per heavy atom. The number of hydrogen-bond donors (Lipinski definition) is 1. The lowest BCUT2D eigenvalue weighted by molar-refractivity contribution is -0.126. The van der Waals surface area contributed by atoms with Crippen molar-refractivity contribution in [1.82, 2.24) is 4.98 Å². The summed E-state index contributed by atoms with van der Waals surface area (Å²) in [5.41, 5.74) is 0.787. The van der Waals surface area contributed by atoms with E-state index in [1.165, 1.54) is 19.4 Å². The highest BCUT2D eigenvalue weighted by molar-refractivity contribution is 5.94. The molecule has 0 radical (unpaired) electrons. The maximum absolute atomic E-state index is 13.4. The molecule has 0 saturated carbocycles. The smallest absolute Gasteiger partial charge is 0.258 e. The van der Waals surface area contributed by atoms with E-state index in [-0.39, 0.29) is 5.69 Å². The van der Waals surface area contributed by atoms with E-state index in [0.717, 1.165) is 6.20 Å². The second-order valence-electron chi connectivity index (χ2n) is 3.87. The van der Waals surface area contributed by atoms with Gasteiger partial charge in [0.05, 0.1) is 11.9 Å². The van der Waals surface area contributed by atoms with Crippen LogP contribution in [0.1, 0.15) is 11.7 Å². The second-order valence-corrected chi connectivity index (χ2v) is 3.87. The summed E-state index contributed by atoms with van der Waals surface area (Å²) in [5.74, 6) is -1.02. The van der Waals surface area contributed by atoms with Gasteiger partial charge in [-0.15, -0.1) is 0 Å². The Bertz CT molecular complexity index is 560. The van der Waals surface area contributed by atoms with Gasteiger partial charge in [0, 0.05) is 13.3 Å². The van der Waals surface area contributed by atoms with Gasteiger partial charge < -0.3 is 10.1 Å². The first-order chi connectivity index (χ1) is 9.22. The third kappa shape index (κ3) is 3.14. The number of ether oxygens (including phenoxy) is 1. The number of benzene rings is 1. The van der Waals surface area contributed by atoms with Crippen LogP contribution in [0.4, 0.5) is 10.1 Å². The number of rotatable bonds is 4. The minimum atomic E-state index is -0.784. The summed E-state index contributed by atoms with van der Waals surface area (Å²) in [5, 5.41) is 2.48. The molecule has 2 aromatic rings. The summed E-state index contributed by atoms with van der Waals surface area (Å²) in [6.07, 6.45) is 1.66. The van der Waals surface area contributed by atoms with Crippen LogP contribution in [-0.2, 0) is 9.53 Å². The lowest BCUT2D eigenvalue weighted by atomic mass is 10.1. The fourth-order valence-corrected chi connectivity index (χ4v) is 1.70. The summed E-state index contributed by atoms with van der Waals surface area (Å²) < 4.78 is 18.6. The van der Waals surface area contributed by atoms with Crippen LogP contribution in [0.25, 0.3) is 0 Å². The van der Waals surface area contributed by atoms with Crippen molar-refractivity contribution in [3.8, 4) is 0 Å². The number of amides is 1. The number of anilines is 1. The largest absolute Gasteiger partial charge is 0.367 e. The Morgan fingerprint density at radius 2 is 2.05 bits per heavy atom. The molecule has 5 heteroatoms. The van der Waals surface area contributed by atoms with E-state index in [4.69, 9.17) is 4.74 Å². The number of halogens is 1. The van der Waals surface area contributed by atoms with Gasteiger partial charge in [-0.3, -0.25) is 9.78 Å². The number of hydrogen-bond acceptors (Lipinski definition) is 3. The Balaban J connectivity index is 2.17. The van der Waals surface area contributed by atoms with Gasteiger partial charge in [-0.05, 0) is 11.6 Å². The van der Waals surface area contributed by atoms with E-state index in [1.54, 1.807) is 12.1 Å². The molecule has 98 valence electrons. The molecule has 2 rings (SSSR count). The highest BCUT2D eigenvalue weighted by atomic mass is 19.1. The van der Waals surface area contributed by atoms with Crippen LogP contribution >= 0.6 is 0 Å². The van der Waals surface area contributed by atoms with Gasteiger partial charge in [0.25, 0.3) is 5.91 Å². The first-order valence-electron chi connectivity index (χ1n) is 5.70. The number of nitrogens with one attached hydrogen (secondary N) is 1. The van der Waals surface area contributed by atoms with Crippen molar-refractivity contribution in [3.05, 3.63) is 60.2 Å². The summed E-state index contributed by atoms with van der Waals surface area (Å²) in [7, 11) is 1.43. The molecule has 0 spiro atoms. The number of methoxy groups -OCH3 is 1. The molecule has 19 heavy (non-hydrogen) atoms. The monoisotopic (exact) mass is 260 g/mol. The maximum Gasteiger partial charge on any atom is 0.258 e. The van der Waals surface area contributed by atoms with Crippen LogP contribution in [0.15, 0.2) is 48.8 Å². The SMILES string of the molecule is CO[C@@H](C(=O)Nc1ccncc1F)c1ccccc1. The van der Waals surface area contributed by atoms with E-state index in [0.29, 0.717) is 5.56 Å². The first-order valence-corrected chi connectivity index (χ1v) is 5.70. The minimum Gasteiger partial charge on any atom is -0.367 e. The average molecular weight is 260 g/mol. The number of pyridine rings is 1. The predicted molar refractivity (Wildman–Crippen MR) is 69.0 cm³/mol. The Hall–Kier alpha value is -2.27. The van der Waals surface area contributed by atoms with Gasteiger partial charge in [0.2, 0.25) is 0 Å². The number of carbonyl (C=O) groups is 1. The van der Waals surface area contributed by atoms with Crippen LogP contribution in [0.2, 0.25) is 0 Å². The maximum atomic E-state index is 13.4. The Labute approximate surface area is 110 Å². The fourth-order valence-electron chi connectivity index (χ4n) is 1.70. The molecule has 1 amide bonds. The molecular weight excluding hydrogens is 247 g/mol.